The van der Waals surface area contributed by atoms with Crippen molar-refractivity contribution in [1.82, 2.24) is 4.31 Å². The summed E-state index contributed by atoms with van der Waals surface area (Å²) in [7, 11) is -5.21. The van der Waals surface area contributed by atoms with Crippen LogP contribution in [0.25, 0.3) is 0 Å². The first-order valence-electron chi connectivity index (χ1n) is 10.1. The maximum absolute atomic E-state index is 13.1. The van der Waals surface area contributed by atoms with Crippen LogP contribution in [0.1, 0.15) is 17.2 Å². The van der Waals surface area contributed by atoms with Crippen LogP contribution in [0.4, 0.5) is 0 Å². The Balaban J connectivity index is 2.38. The van der Waals surface area contributed by atoms with Gasteiger partial charge in [0.2, 0.25) is 10.0 Å². The fourth-order valence-electron chi connectivity index (χ4n) is 3.05. The Labute approximate surface area is 183 Å². The number of esters is 1. The van der Waals surface area contributed by atoms with E-state index >= 15 is 0 Å². The fourth-order valence-corrected chi connectivity index (χ4v) is 8.15. The predicted octanol–water partition coefficient (Wildman–Crippen LogP) is 4.04. The van der Waals surface area contributed by atoms with E-state index in [9.17, 15) is 13.2 Å². The van der Waals surface area contributed by atoms with Crippen LogP contribution < -0.4 is 0 Å². The first kappa shape index (κ1) is 24.6. The third-order valence-corrected chi connectivity index (χ3v) is 9.55. The molecule has 0 bridgehead atoms. The van der Waals surface area contributed by atoms with Gasteiger partial charge in [-0.25, -0.2) is 13.2 Å². The SMILES string of the molecule is COC(=O)C1=CCN(S(=O)(=O)CC[Si](C)(C)C)C1c1ccc(C#C[Si](C)(C)C)cc1. The number of ether oxygens (including phenoxy) is 1. The van der Waals surface area contributed by atoms with Crippen molar-refractivity contribution in [3.8, 4) is 11.5 Å². The highest BCUT2D eigenvalue weighted by molar-refractivity contribution is 7.89. The monoisotopic (exact) mass is 463 g/mol. The number of benzene rings is 1. The minimum Gasteiger partial charge on any atom is -0.466 e. The number of hydrogen-bond donors (Lipinski definition) is 0. The number of carbonyl (C=O) groups excluding carboxylic acids is 1. The Kier molecular flexibility index (Phi) is 7.56. The first-order chi connectivity index (χ1) is 13.7. The molecule has 0 fully saturated rings. The number of carbonyl (C=O) groups is 1. The van der Waals surface area contributed by atoms with E-state index in [-0.39, 0.29) is 12.3 Å². The molecule has 0 radical (unpaired) electrons. The van der Waals surface area contributed by atoms with Crippen LogP contribution in [0.5, 0.6) is 0 Å². The van der Waals surface area contributed by atoms with Crippen molar-refractivity contribution in [2.75, 3.05) is 19.4 Å². The zero-order chi connectivity index (χ0) is 22.7. The molecule has 164 valence electrons. The van der Waals surface area contributed by atoms with Crippen LogP contribution in [0.2, 0.25) is 45.3 Å². The molecule has 0 saturated heterocycles. The Morgan fingerprint density at radius 3 is 2.23 bits per heavy atom. The lowest BCUT2D eigenvalue weighted by molar-refractivity contribution is -0.136. The lowest BCUT2D eigenvalue weighted by Crippen LogP contribution is -2.37. The van der Waals surface area contributed by atoms with Crippen molar-refractivity contribution in [2.24, 2.45) is 0 Å². The van der Waals surface area contributed by atoms with Gasteiger partial charge in [-0.1, -0.05) is 63.4 Å². The third kappa shape index (κ3) is 6.67. The van der Waals surface area contributed by atoms with E-state index in [4.69, 9.17) is 4.74 Å². The summed E-state index contributed by atoms with van der Waals surface area (Å²) in [5.74, 6) is 2.81. The largest absolute Gasteiger partial charge is 0.466 e. The van der Waals surface area contributed by atoms with Crippen LogP contribution in [0.3, 0.4) is 0 Å². The highest BCUT2D eigenvalue weighted by atomic mass is 32.2. The highest BCUT2D eigenvalue weighted by Gasteiger charge is 2.40. The molecule has 1 aromatic rings. The number of rotatable bonds is 6. The van der Waals surface area contributed by atoms with E-state index in [1.54, 1.807) is 6.08 Å². The molecule has 30 heavy (non-hydrogen) atoms. The molecule has 1 unspecified atom stereocenters. The minimum absolute atomic E-state index is 0.0985. The molecular weight excluding hydrogens is 430 g/mol. The van der Waals surface area contributed by atoms with Gasteiger partial charge in [0.15, 0.2) is 0 Å². The summed E-state index contributed by atoms with van der Waals surface area (Å²) in [5.41, 5.74) is 5.33. The van der Waals surface area contributed by atoms with Crippen LogP contribution in [-0.2, 0) is 19.6 Å². The van der Waals surface area contributed by atoms with Gasteiger partial charge < -0.3 is 4.74 Å². The molecule has 1 atom stereocenters. The molecule has 0 aromatic heterocycles. The minimum atomic E-state index is -3.52. The molecule has 8 heteroatoms. The van der Waals surface area contributed by atoms with E-state index in [2.05, 4.69) is 50.7 Å². The van der Waals surface area contributed by atoms with Crippen molar-refractivity contribution in [1.29, 1.82) is 0 Å². The normalized spacial score (nSPS) is 17.8. The average Bonchev–Trinajstić information content (AvgIpc) is 3.09. The zero-order valence-corrected chi connectivity index (χ0v) is 21.9. The van der Waals surface area contributed by atoms with Gasteiger partial charge in [0.05, 0.1) is 24.5 Å². The number of methoxy groups -OCH3 is 1. The van der Waals surface area contributed by atoms with Crippen LogP contribution in [0.15, 0.2) is 35.9 Å². The molecule has 1 aliphatic rings. The highest BCUT2D eigenvalue weighted by Crippen LogP contribution is 2.36. The van der Waals surface area contributed by atoms with E-state index < -0.39 is 38.2 Å². The van der Waals surface area contributed by atoms with Crippen molar-refractivity contribution in [2.45, 2.75) is 51.4 Å². The smallest absolute Gasteiger partial charge is 0.335 e. The first-order valence-corrected chi connectivity index (χ1v) is 19.0. The van der Waals surface area contributed by atoms with Crippen LogP contribution >= 0.6 is 0 Å². The molecule has 1 aromatic carbocycles. The summed E-state index contributed by atoms with van der Waals surface area (Å²) >= 11 is 0. The lowest BCUT2D eigenvalue weighted by Gasteiger charge is -2.27. The number of nitrogens with zero attached hydrogens (tertiary/aromatic N) is 1. The van der Waals surface area contributed by atoms with Gasteiger partial charge in [-0.05, 0) is 23.7 Å². The Bertz CT molecular complexity index is 975. The standard InChI is InChI=1S/C22H33NO4SSi2/c1-27-22(24)20-12-14-23(28(25,26)15-17-30(5,6)7)21(20)19-10-8-18(9-11-19)13-16-29(2,3)4/h8-12,21H,14-15,17H2,1-7H3. The van der Waals surface area contributed by atoms with Crippen LogP contribution in [-0.4, -0.2) is 54.2 Å². The topological polar surface area (TPSA) is 63.7 Å². The van der Waals surface area contributed by atoms with E-state index in [1.807, 2.05) is 24.3 Å². The van der Waals surface area contributed by atoms with Crippen molar-refractivity contribution >= 4 is 32.1 Å². The van der Waals surface area contributed by atoms with Gasteiger partial charge >= 0.3 is 5.97 Å². The van der Waals surface area contributed by atoms with Crippen LogP contribution in [0, 0.1) is 11.5 Å². The molecule has 5 nitrogen and oxygen atoms in total. The number of hydrogen-bond acceptors (Lipinski definition) is 4. The molecule has 1 aliphatic heterocycles. The number of sulfonamides is 1. The zero-order valence-electron chi connectivity index (χ0n) is 19.1. The average molecular weight is 464 g/mol. The molecule has 0 saturated carbocycles. The molecule has 0 N–H and O–H groups in total. The van der Waals surface area contributed by atoms with Gasteiger partial charge in [0.1, 0.15) is 8.07 Å². The van der Waals surface area contributed by atoms with E-state index in [0.29, 0.717) is 11.6 Å². The Morgan fingerprint density at radius 1 is 1.13 bits per heavy atom. The summed E-state index contributed by atoms with van der Waals surface area (Å²) in [6, 6.07) is 7.52. The molecule has 0 aliphatic carbocycles. The second kappa shape index (κ2) is 9.22. The summed E-state index contributed by atoms with van der Waals surface area (Å²) < 4.78 is 32.6. The summed E-state index contributed by atoms with van der Waals surface area (Å²) in [6.45, 7) is 13.2. The molecular formula is C22H33NO4SSi2. The Hall–Kier alpha value is -1.67. The molecule has 1 heterocycles. The second-order valence-corrected chi connectivity index (χ2v) is 22.3. The second-order valence-electron chi connectivity index (χ2n) is 9.87. The van der Waals surface area contributed by atoms with Gasteiger partial charge in [-0.2, -0.15) is 4.31 Å². The van der Waals surface area contributed by atoms with E-state index in [1.165, 1.54) is 11.4 Å². The van der Waals surface area contributed by atoms with E-state index in [0.717, 1.165) is 11.1 Å². The summed E-state index contributed by atoms with van der Waals surface area (Å²) in [5, 5.41) is 0. The Morgan fingerprint density at radius 2 is 1.73 bits per heavy atom. The maximum atomic E-state index is 13.1. The fraction of sp³-hybridized carbons (Fsp3) is 0.500. The van der Waals surface area contributed by atoms with Gasteiger partial charge in [-0.3, -0.25) is 0 Å². The molecule has 0 amide bonds. The molecule has 2 rings (SSSR count). The van der Waals surface area contributed by atoms with Crippen molar-refractivity contribution in [3.05, 3.63) is 47.0 Å². The van der Waals surface area contributed by atoms with Gasteiger partial charge in [-0.15, -0.1) is 5.54 Å². The lowest BCUT2D eigenvalue weighted by atomic mass is 10.00. The van der Waals surface area contributed by atoms with Crippen molar-refractivity contribution in [3.63, 3.8) is 0 Å². The summed E-state index contributed by atoms with van der Waals surface area (Å²) in [6.07, 6.45) is 1.67. The molecule has 0 spiro atoms. The predicted molar refractivity (Wildman–Crippen MR) is 128 cm³/mol. The van der Waals surface area contributed by atoms with Crippen molar-refractivity contribution < 1.29 is 17.9 Å². The van der Waals surface area contributed by atoms with Gasteiger partial charge in [0, 0.05) is 20.2 Å². The quantitative estimate of drug-likeness (QED) is 0.363. The maximum Gasteiger partial charge on any atom is 0.335 e. The third-order valence-electron chi connectivity index (χ3n) is 4.77. The summed E-state index contributed by atoms with van der Waals surface area (Å²) in [4.78, 5) is 12.3. The van der Waals surface area contributed by atoms with Gasteiger partial charge in [0.25, 0.3) is 0 Å².